The maximum Gasteiger partial charge on any atom is 0.416 e. The van der Waals surface area contributed by atoms with E-state index < -0.39 is 29.0 Å². The van der Waals surface area contributed by atoms with E-state index in [1.165, 1.54) is 0 Å². The molecule has 0 aromatic heterocycles. The topological polar surface area (TPSA) is 70.2 Å². The number of amides is 2. The molecule has 2 amide bonds. The minimum absolute atomic E-state index is 0.214. The minimum atomic E-state index is -4.78. The van der Waals surface area contributed by atoms with Crippen molar-refractivity contribution in [3.05, 3.63) is 64.5 Å². The molecule has 2 heterocycles. The summed E-state index contributed by atoms with van der Waals surface area (Å²) in [7, 11) is 0. The quantitative estimate of drug-likeness (QED) is 0.623. The molecule has 31 heavy (non-hydrogen) atoms. The molecule has 0 saturated carbocycles. The molecule has 9 heteroatoms. The standard InChI is InChI=1S/C22H21F4N3O2/c23-14-9-12(8-13(10-14)22(24,25)26)20(30)28-17-6-3-5-16-19(17)18(29-21(16)31)11-15-4-1-2-7-27-15/h3,5-6,8-10,15,18,27H,1-2,4,7,11H2,(H,28,30)(H,29,31)/t15-,18-/m0/s1. The highest BCUT2D eigenvalue weighted by molar-refractivity contribution is 6.07. The van der Waals surface area contributed by atoms with Gasteiger partial charge in [0.1, 0.15) is 5.82 Å². The summed E-state index contributed by atoms with van der Waals surface area (Å²) >= 11 is 0. The Kier molecular flexibility index (Phi) is 5.70. The molecule has 0 unspecified atom stereocenters. The van der Waals surface area contributed by atoms with Gasteiger partial charge in [-0.05, 0) is 56.1 Å². The number of hydrogen-bond donors (Lipinski definition) is 3. The van der Waals surface area contributed by atoms with Crippen molar-refractivity contribution in [3.8, 4) is 0 Å². The van der Waals surface area contributed by atoms with Gasteiger partial charge in [0.25, 0.3) is 11.8 Å². The molecule has 1 fully saturated rings. The largest absolute Gasteiger partial charge is 0.416 e. The zero-order valence-corrected chi connectivity index (χ0v) is 16.5. The molecule has 164 valence electrons. The average molecular weight is 435 g/mol. The van der Waals surface area contributed by atoms with Gasteiger partial charge in [0.15, 0.2) is 0 Å². The normalized spacial score (nSPS) is 20.8. The molecule has 0 bridgehead atoms. The van der Waals surface area contributed by atoms with E-state index in [-0.39, 0.29) is 18.0 Å². The van der Waals surface area contributed by atoms with Crippen LogP contribution in [0.4, 0.5) is 23.2 Å². The SMILES string of the molecule is O=C(Nc1cccc2c1[C@H](C[C@@H]1CCCCN1)NC2=O)c1cc(F)cc(C(F)(F)F)c1. The van der Waals surface area contributed by atoms with Crippen LogP contribution in [0, 0.1) is 5.82 Å². The zero-order valence-electron chi connectivity index (χ0n) is 16.5. The molecule has 5 nitrogen and oxygen atoms in total. The van der Waals surface area contributed by atoms with Gasteiger partial charge in [-0.2, -0.15) is 13.2 Å². The first kappa shape index (κ1) is 21.3. The van der Waals surface area contributed by atoms with Gasteiger partial charge >= 0.3 is 6.18 Å². The van der Waals surface area contributed by atoms with Crippen molar-refractivity contribution >= 4 is 17.5 Å². The molecule has 2 aliphatic heterocycles. The Morgan fingerprint density at radius 3 is 2.68 bits per heavy atom. The lowest BCUT2D eigenvalue weighted by Crippen LogP contribution is -2.37. The fraction of sp³-hybridized carbons (Fsp3) is 0.364. The molecule has 0 radical (unpaired) electrons. The second-order valence-corrected chi connectivity index (χ2v) is 7.86. The molecular formula is C22H21F4N3O2. The van der Waals surface area contributed by atoms with Crippen molar-refractivity contribution in [1.82, 2.24) is 10.6 Å². The molecule has 3 N–H and O–H groups in total. The third-order valence-electron chi connectivity index (χ3n) is 5.67. The second-order valence-electron chi connectivity index (χ2n) is 7.86. The number of nitrogens with one attached hydrogen (secondary N) is 3. The summed E-state index contributed by atoms with van der Waals surface area (Å²) in [4.78, 5) is 25.1. The highest BCUT2D eigenvalue weighted by Crippen LogP contribution is 2.36. The molecule has 2 aliphatic rings. The van der Waals surface area contributed by atoms with Crippen molar-refractivity contribution in [2.75, 3.05) is 11.9 Å². The lowest BCUT2D eigenvalue weighted by atomic mass is 9.93. The summed E-state index contributed by atoms with van der Waals surface area (Å²) in [5.74, 6) is -2.30. The molecule has 2 aromatic rings. The third kappa shape index (κ3) is 4.56. The number of carbonyl (C=O) groups excluding carboxylic acids is 2. The van der Waals surface area contributed by atoms with Crippen LogP contribution in [-0.4, -0.2) is 24.4 Å². The van der Waals surface area contributed by atoms with Crippen molar-refractivity contribution in [3.63, 3.8) is 0 Å². The van der Waals surface area contributed by atoms with E-state index in [0.29, 0.717) is 35.4 Å². The monoisotopic (exact) mass is 435 g/mol. The summed E-state index contributed by atoms with van der Waals surface area (Å²) in [6.07, 6.45) is -0.993. The Morgan fingerprint density at radius 2 is 1.97 bits per heavy atom. The molecule has 2 atom stereocenters. The fourth-order valence-corrected chi connectivity index (χ4v) is 4.22. The van der Waals surface area contributed by atoms with E-state index in [4.69, 9.17) is 0 Å². The summed E-state index contributed by atoms with van der Waals surface area (Å²) in [6, 6.07) is 6.38. The lowest BCUT2D eigenvalue weighted by molar-refractivity contribution is -0.137. The van der Waals surface area contributed by atoms with Gasteiger partial charge in [-0.15, -0.1) is 0 Å². The Balaban J connectivity index is 1.61. The number of hydrogen-bond acceptors (Lipinski definition) is 3. The average Bonchev–Trinajstić information content (AvgIpc) is 3.04. The van der Waals surface area contributed by atoms with Crippen LogP contribution in [0.2, 0.25) is 0 Å². The van der Waals surface area contributed by atoms with Crippen LogP contribution in [0.25, 0.3) is 0 Å². The van der Waals surface area contributed by atoms with Gasteiger partial charge < -0.3 is 16.0 Å². The van der Waals surface area contributed by atoms with Gasteiger partial charge in [0.2, 0.25) is 0 Å². The van der Waals surface area contributed by atoms with Crippen molar-refractivity contribution < 1.29 is 27.2 Å². The van der Waals surface area contributed by atoms with Crippen LogP contribution in [0.3, 0.4) is 0 Å². The van der Waals surface area contributed by atoms with E-state index in [1.54, 1.807) is 18.2 Å². The number of carbonyl (C=O) groups is 2. The number of piperidine rings is 1. The fourth-order valence-electron chi connectivity index (χ4n) is 4.22. The zero-order chi connectivity index (χ0) is 22.2. The van der Waals surface area contributed by atoms with E-state index in [1.807, 2.05) is 0 Å². The van der Waals surface area contributed by atoms with E-state index >= 15 is 0 Å². The Hall–Kier alpha value is -2.94. The van der Waals surface area contributed by atoms with Crippen LogP contribution in [0.15, 0.2) is 36.4 Å². The van der Waals surface area contributed by atoms with Gasteiger partial charge in [0.05, 0.1) is 11.6 Å². The van der Waals surface area contributed by atoms with Gasteiger partial charge in [-0.3, -0.25) is 9.59 Å². The Morgan fingerprint density at radius 1 is 1.16 bits per heavy atom. The molecule has 2 aromatic carbocycles. The Labute approximate surface area is 176 Å². The van der Waals surface area contributed by atoms with Gasteiger partial charge in [0, 0.05) is 28.4 Å². The first-order valence-electron chi connectivity index (χ1n) is 10.1. The predicted molar refractivity (Wildman–Crippen MR) is 106 cm³/mol. The van der Waals surface area contributed by atoms with Crippen LogP contribution in [0.1, 0.15) is 63.6 Å². The molecule has 0 aliphatic carbocycles. The Bertz CT molecular complexity index is 1020. The number of benzene rings is 2. The number of fused-ring (bicyclic) bond motifs is 1. The number of rotatable bonds is 4. The van der Waals surface area contributed by atoms with Crippen LogP contribution in [-0.2, 0) is 6.18 Å². The molecular weight excluding hydrogens is 414 g/mol. The third-order valence-corrected chi connectivity index (χ3v) is 5.67. The van der Waals surface area contributed by atoms with E-state index in [0.717, 1.165) is 31.9 Å². The maximum atomic E-state index is 13.7. The summed E-state index contributed by atoms with van der Waals surface area (Å²) in [5.41, 5.74) is -0.365. The molecule has 0 spiro atoms. The second kappa shape index (κ2) is 8.30. The smallest absolute Gasteiger partial charge is 0.345 e. The number of anilines is 1. The first-order valence-corrected chi connectivity index (χ1v) is 10.1. The van der Waals surface area contributed by atoms with Gasteiger partial charge in [-0.25, -0.2) is 4.39 Å². The number of alkyl halides is 3. The van der Waals surface area contributed by atoms with Crippen molar-refractivity contribution in [2.24, 2.45) is 0 Å². The summed E-state index contributed by atoms with van der Waals surface area (Å²) in [5, 5.41) is 8.90. The summed E-state index contributed by atoms with van der Waals surface area (Å²) in [6.45, 7) is 0.900. The van der Waals surface area contributed by atoms with Crippen molar-refractivity contribution in [2.45, 2.75) is 43.9 Å². The van der Waals surface area contributed by atoms with E-state index in [2.05, 4.69) is 16.0 Å². The number of halogens is 4. The highest BCUT2D eigenvalue weighted by Gasteiger charge is 2.34. The van der Waals surface area contributed by atoms with Crippen LogP contribution < -0.4 is 16.0 Å². The summed E-state index contributed by atoms with van der Waals surface area (Å²) < 4.78 is 52.7. The van der Waals surface area contributed by atoms with E-state index in [9.17, 15) is 27.2 Å². The van der Waals surface area contributed by atoms with Crippen LogP contribution >= 0.6 is 0 Å². The molecule has 1 saturated heterocycles. The van der Waals surface area contributed by atoms with Crippen LogP contribution in [0.5, 0.6) is 0 Å². The minimum Gasteiger partial charge on any atom is -0.345 e. The van der Waals surface area contributed by atoms with Gasteiger partial charge in [-0.1, -0.05) is 12.5 Å². The highest BCUT2D eigenvalue weighted by atomic mass is 19.4. The maximum absolute atomic E-state index is 13.7. The molecule has 4 rings (SSSR count). The van der Waals surface area contributed by atoms with Crippen molar-refractivity contribution in [1.29, 1.82) is 0 Å². The predicted octanol–water partition coefficient (Wildman–Crippen LogP) is 4.41. The first-order chi connectivity index (χ1) is 14.7. The lowest BCUT2D eigenvalue weighted by Gasteiger charge is -2.27.